The Kier molecular flexibility index (Phi) is 3.35. The quantitative estimate of drug-likeness (QED) is 0.404. The molecule has 3 nitrogen and oxygen atoms in total. The average Bonchev–Trinajstić information content (AvgIpc) is 2.42. The highest BCUT2D eigenvalue weighted by molar-refractivity contribution is 6.41. The molecule has 1 atom stereocenters. The molecular formula is C15H23NO2. The number of hydrogen-bond acceptors (Lipinski definition) is 3. The summed E-state index contributed by atoms with van der Waals surface area (Å²) in [7, 11) is 0. The standard InChI is InChI=1S/C15H23NO2/c1-11-6-9-15(10-7-11)13(17)12(16-18)5-4-8-14(15,2)3/h6,18H,4-5,7-10H2,1-3H3/b16-12+. The Morgan fingerprint density at radius 2 is 2.00 bits per heavy atom. The number of Topliss-reactive ketones (excluding diaryl/α,β-unsaturated/α-hetero) is 1. The van der Waals surface area contributed by atoms with Crippen LogP contribution in [-0.2, 0) is 4.79 Å². The maximum atomic E-state index is 12.8. The molecule has 1 unspecified atom stereocenters. The average molecular weight is 249 g/mol. The van der Waals surface area contributed by atoms with Crippen LogP contribution in [0.25, 0.3) is 0 Å². The van der Waals surface area contributed by atoms with E-state index in [-0.39, 0.29) is 16.6 Å². The van der Waals surface area contributed by atoms with Crippen molar-refractivity contribution in [2.45, 2.75) is 59.3 Å². The van der Waals surface area contributed by atoms with Crippen LogP contribution in [-0.4, -0.2) is 16.7 Å². The van der Waals surface area contributed by atoms with Gasteiger partial charge < -0.3 is 5.21 Å². The van der Waals surface area contributed by atoms with Crippen LogP contribution in [0.1, 0.15) is 59.3 Å². The molecule has 0 aromatic heterocycles. The van der Waals surface area contributed by atoms with Crippen molar-refractivity contribution in [1.82, 2.24) is 0 Å². The van der Waals surface area contributed by atoms with Gasteiger partial charge in [0, 0.05) is 5.41 Å². The van der Waals surface area contributed by atoms with Crippen molar-refractivity contribution in [3.8, 4) is 0 Å². The molecule has 0 radical (unpaired) electrons. The molecule has 0 aliphatic heterocycles. The summed E-state index contributed by atoms with van der Waals surface area (Å²) < 4.78 is 0. The van der Waals surface area contributed by atoms with Gasteiger partial charge in [-0.1, -0.05) is 30.7 Å². The molecule has 1 fully saturated rings. The Hall–Kier alpha value is -1.12. The summed E-state index contributed by atoms with van der Waals surface area (Å²) in [4.78, 5) is 12.8. The third-order valence-corrected chi connectivity index (χ3v) is 5.07. The van der Waals surface area contributed by atoms with Gasteiger partial charge in [0.1, 0.15) is 5.71 Å². The number of oxime groups is 1. The maximum Gasteiger partial charge on any atom is 0.187 e. The molecule has 1 spiro atoms. The van der Waals surface area contributed by atoms with Gasteiger partial charge in [0.25, 0.3) is 0 Å². The van der Waals surface area contributed by atoms with E-state index in [1.165, 1.54) is 5.57 Å². The van der Waals surface area contributed by atoms with Crippen LogP contribution in [0.4, 0.5) is 0 Å². The predicted octanol–water partition coefficient (Wildman–Crippen LogP) is 3.71. The van der Waals surface area contributed by atoms with Crippen molar-refractivity contribution in [1.29, 1.82) is 0 Å². The van der Waals surface area contributed by atoms with Crippen LogP contribution >= 0.6 is 0 Å². The lowest BCUT2D eigenvalue weighted by atomic mass is 9.56. The molecule has 0 heterocycles. The van der Waals surface area contributed by atoms with Gasteiger partial charge in [-0.2, -0.15) is 0 Å². The number of rotatable bonds is 0. The first kappa shape index (κ1) is 13.3. The lowest BCUT2D eigenvalue weighted by molar-refractivity contribution is -0.129. The van der Waals surface area contributed by atoms with Crippen molar-refractivity contribution >= 4 is 11.5 Å². The minimum atomic E-state index is -0.357. The summed E-state index contributed by atoms with van der Waals surface area (Å²) in [5.74, 6) is 0.0799. The summed E-state index contributed by atoms with van der Waals surface area (Å²) in [5, 5.41) is 12.3. The van der Waals surface area contributed by atoms with Crippen molar-refractivity contribution in [3.63, 3.8) is 0 Å². The van der Waals surface area contributed by atoms with E-state index in [0.29, 0.717) is 12.1 Å². The van der Waals surface area contributed by atoms with Gasteiger partial charge in [-0.3, -0.25) is 4.79 Å². The van der Waals surface area contributed by atoms with Gasteiger partial charge in [0.05, 0.1) is 0 Å². The van der Waals surface area contributed by atoms with Crippen LogP contribution in [0.15, 0.2) is 16.8 Å². The lowest BCUT2D eigenvalue weighted by Gasteiger charge is -2.46. The number of carbonyl (C=O) groups excluding carboxylic acids is 1. The predicted molar refractivity (Wildman–Crippen MR) is 71.9 cm³/mol. The summed E-state index contributed by atoms with van der Waals surface area (Å²) in [6, 6.07) is 0. The van der Waals surface area contributed by atoms with E-state index in [1.807, 2.05) is 0 Å². The third-order valence-electron chi connectivity index (χ3n) is 5.07. The van der Waals surface area contributed by atoms with E-state index >= 15 is 0 Å². The summed E-state index contributed by atoms with van der Waals surface area (Å²) >= 11 is 0. The highest BCUT2D eigenvalue weighted by Crippen LogP contribution is 2.54. The second kappa shape index (κ2) is 4.52. The molecule has 1 N–H and O–H groups in total. The van der Waals surface area contributed by atoms with Gasteiger partial charge in [-0.25, -0.2) is 0 Å². The van der Waals surface area contributed by atoms with E-state index in [2.05, 4.69) is 32.0 Å². The number of carbonyl (C=O) groups is 1. The molecular weight excluding hydrogens is 226 g/mol. The molecule has 2 rings (SSSR count). The minimum Gasteiger partial charge on any atom is -0.411 e. The molecule has 2 aliphatic rings. The molecule has 0 bridgehead atoms. The molecule has 0 aromatic rings. The molecule has 0 aromatic carbocycles. The van der Waals surface area contributed by atoms with Gasteiger partial charge in [0.2, 0.25) is 0 Å². The highest BCUT2D eigenvalue weighted by atomic mass is 16.4. The van der Waals surface area contributed by atoms with Gasteiger partial charge in [0.15, 0.2) is 5.78 Å². The SMILES string of the molecule is CC1=CCC2(CC1)C(=O)/C(=N/O)CCCC2(C)C. The Balaban J connectivity index is 2.47. The fourth-order valence-corrected chi connectivity index (χ4v) is 3.51. The van der Waals surface area contributed by atoms with Gasteiger partial charge >= 0.3 is 0 Å². The third kappa shape index (κ3) is 1.90. The maximum absolute atomic E-state index is 12.8. The van der Waals surface area contributed by atoms with Crippen molar-refractivity contribution in [2.75, 3.05) is 0 Å². The summed E-state index contributed by atoms with van der Waals surface area (Å²) in [6.07, 6.45) is 7.43. The minimum absolute atomic E-state index is 0.0201. The van der Waals surface area contributed by atoms with Crippen LogP contribution in [0.2, 0.25) is 0 Å². The van der Waals surface area contributed by atoms with Crippen LogP contribution in [0.3, 0.4) is 0 Å². The fourth-order valence-electron chi connectivity index (χ4n) is 3.51. The fraction of sp³-hybridized carbons (Fsp3) is 0.733. The normalized spacial score (nSPS) is 34.5. The number of ketones is 1. The van der Waals surface area contributed by atoms with Crippen LogP contribution in [0, 0.1) is 10.8 Å². The zero-order valence-corrected chi connectivity index (χ0v) is 11.6. The second-order valence-electron chi connectivity index (χ2n) is 6.45. The van der Waals surface area contributed by atoms with E-state index in [1.54, 1.807) is 0 Å². The molecule has 0 amide bonds. The Bertz CT molecular complexity index is 420. The Labute approximate surface area is 109 Å². The highest BCUT2D eigenvalue weighted by Gasteiger charge is 2.52. The van der Waals surface area contributed by atoms with Crippen LogP contribution in [0.5, 0.6) is 0 Å². The Morgan fingerprint density at radius 3 is 2.56 bits per heavy atom. The second-order valence-corrected chi connectivity index (χ2v) is 6.45. The molecule has 2 aliphatic carbocycles. The smallest absolute Gasteiger partial charge is 0.187 e. The summed E-state index contributed by atoms with van der Waals surface area (Å²) in [5.41, 5.74) is 1.38. The first-order chi connectivity index (χ1) is 8.43. The van der Waals surface area contributed by atoms with Crippen molar-refractivity contribution < 1.29 is 10.0 Å². The molecule has 0 saturated heterocycles. The number of hydrogen-bond donors (Lipinski definition) is 1. The Morgan fingerprint density at radius 1 is 1.28 bits per heavy atom. The summed E-state index contributed by atoms with van der Waals surface area (Å²) in [6.45, 7) is 6.52. The van der Waals surface area contributed by atoms with Crippen molar-refractivity contribution in [2.24, 2.45) is 16.0 Å². The molecule has 3 heteroatoms. The molecule has 18 heavy (non-hydrogen) atoms. The van der Waals surface area contributed by atoms with E-state index < -0.39 is 0 Å². The van der Waals surface area contributed by atoms with Crippen molar-refractivity contribution in [3.05, 3.63) is 11.6 Å². The first-order valence-corrected chi connectivity index (χ1v) is 6.84. The number of allylic oxidation sites excluding steroid dienone is 2. The monoisotopic (exact) mass is 249 g/mol. The topological polar surface area (TPSA) is 49.7 Å². The first-order valence-electron chi connectivity index (χ1n) is 6.84. The molecule has 100 valence electrons. The largest absolute Gasteiger partial charge is 0.411 e. The van der Waals surface area contributed by atoms with E-state index in [0.717, 1.165) is 32.1 Å². The van der Waals surface area contributed by atoms with Crippen LogP contribution < -0.4 is 0 Å². The van der Waals surface area contributed by atoms with Gasteiger partial charge in [-0.05, 0) is 50.9 Å². The zero-order chi connectivity index (χ0) is 13.4. The lowest BCUT2D eigenvalue weighted by Crippen LogP contribution is -2.46. The zero-order valence-electron chi connectivity index (χ0n) is 11.6. The van der Waals surface area contributed by atoms with Gasteiger partial charge in [-0.15, -0.1) is 0 Å². The molecule has 1 saturated carbocycles. The van der Waals surface area contributed by atoms with E-state index in [9.17, 15) is 4.79 Å². The number of nitrogens with zero attached hydrogens (tertiary/aromatic N) is 1. The van der Waals surface area contributed by atoms with E-state index in [4.69, 9.17) is 5.21 Å².